The van der Waals surface area contributed by atoms with Crippen LogP contribution in [0, 0.1) is 5.82 Å². The number of aromatic nitrogens is 3. The number of amides is 3. The van der Waals surface area contributed by atoms with Gasteiger partial charge in [-0.25, -0.2) is 23.6 Å². The second-order valence-electron chi connectivity index (χ2n) is 10.6. The maximum atomic E-state index is 13.7. The van der Waals surface area contributed by atoms with E-state index in [1.807, 2.05) is 37.3 Å². The number of pyridine rings is 1. The molecule has 11 heteroatoms. The summed E-state index contributed by atoms with van der Waals surface area (Å²) in [6, 6.07) is 16.5. The first-order chi connectivity index (χ1) is 19.5. The van der Waals surface area contributed by atoms with Crippen LogP contribution in [-0.4, -0.2) is 57.7 Å². The Balaban J connectivity index is 1.70. The highest BCUT2D eigenvalue weighted by molar-refractivity contribution is 5.92. The zero-order valence-corrected chi connectivity index (χ0v) is 23.8. The lowest BCUT2D eigenvalue weighted by Gasteiger charge is -2.27. The minimum Gasteiger partial charge on any atom is -0.444 e. The van der Waals surface area contributed by atoms with E-state index in [4.69, 9.17) is 14.5 Å². The average molecular weight is 563 g/mol. The van der Waals surface area contributed by atoms with Crippen molar-refractivity contribution in [2.24, 2.45) is 0 Å². The van der Waals surface area contributed by atoms with E-state index in [0.717, 1.165) is 5.56 Å². The van der Waals surface area contributed by atoms with Crippen LogP contribution in [0.4, 0.5) is 19.8 Å². The van der Waals surface area contributed by atoms with Crippen LogP contribution in [0.5, 0.6) is 0 Å². The molecular formula is C30H35FN6O4. The van der Waals surface area contributed by atoms with E-state index in [1.54, 1.807) is 57.0 Å². The summed E-state index contributed by atoms with van der Waals surface area (Å²) in [6.07, 6.45) is 1.09. The van der Waals surface area contributed by atoms with Crippen LogP contribution >= 0.6 is 0 Å². The lowest BCUT2D eigenvalue weighted by atomic mass is 10.1. The van der Waals surface area contributed by atoms with Crippen molar-refractivity contribution in [3.05, 3.63) is 83.9 Å². The van der Waals surface area contributed by atoms with Gasteiger partial charge in [0.05, 0.1) is 42.3 Å². The van der Waals surface area contributed by atoms with E-state index in [1.165, 1.54) is 17.0 Å². The Morgan fingerprint density at radius 2 is 1.80 bits per heavy atom. The van der Waals surface area contributed by atoms with Gasteiger partial charge in [0.1, 0.15) is 17.2 Å². The molecule has 0 saturated heterocycles. The smallest absolute Gasteiger partial charge is 0.410 e. The summed E-state index contributed by atoms with van der Waals surface area (Å²) in [5.74, 6) is -0.0961. The van der Waals surface area contributed by atoms with Crippen LogP contribution < -0.4 is 10.6 Å². The van der Waals surface area contributed by atoms with E-state index < -0.39 is 17.7 Å². The third kappa shape index (κ3) is 7.79. The molecule has 2 N–H and O–H groups in total. The van der Waals surface area contributed by atoms with Gasteiger partial charge in [-0.3, -0.25) is 10.2 Å². The molecular weight excluding hydrogens is 527 g/mol. The first-order valence-corrected chi connectivity index (χ1v) is 13.3. The van der Waals surface area contributed by atoms with Crippen molar-refractivity contribution in [2.45, 2.75) is 45.9 Å². The van der Waals surface area contributed by atoms with Gasteiger partial charge in [-0.15, -0.1) is 0 Å². The number of methoxy groups -OCH3 is 1. The van der Waals surface area contributed by atoms with Crippen molar-refractivity contribution >= 4 is 28.8 Å². The number of carbonyl (C=O) groups is 2. The monoisotopic (exact) mass is 562 g/mol. The molecule has 3 amide bonds. The summed E-state index contributed by atoms with van der Waals surface area (Å²) in [5, 5.41) is 10.9. The van der Waals surface area contributed by atoms with Crippen molar-refractivity contribution in [2.75, 3.05) is 25.6 Å². The highest BCUT2D eigenvalue weighted by atomic mass is 19.1. The molecule has 0 fully saturated rings. The Labute approximate surface area is 238 Å². The zero-order chi connectivity index (χ0) is 29.6. The molecule has 4 rings (SSSR count). The molecule has 10 nitrogen and oxygen atoms in total. The standard InChI is InChI=1S/C30H35FN6O4/c1-20(21-9-7-6-8-10-21)33-28(38)35-26-17-22-18-32-37(24-13-11-23(31)12-14-24)27(22)25(34-26)19-36(15-16-40-5)29(39)41-30(2,3)4/h6-14,17-18,20H,15-16,19H2,1-5H3,(H2,33,34,35,38)/t20-/m1/s1. The molecule has 2 aromatic heterocycles. The number of anilines is 1. The lowest BCUT2D eigenvalue weighted by Crippen LogP contribution is -2.38. The Bertz CT molecular complexity index is 1480. The minimum absolute atomic E-state index is 0.0409. The number of hydrogen-bond donors (Lipinski definition) is 2. The molecule has 0 spiro atoms. The summed E-state index contributed by atoms with van der Waals surface area (Å²) < 4.78 is 26.1. The van der Waals surface area contributed by atoms with Gasteiger partial charge in [-0.2, -0.15) is 5.10 Å². The van der Waals surface area contributed by atoms with Crippen LogP contribution in [0.3, 0.4) is 0 Å². The average Bonchev–Trinajstić information content (AvgIpc) is 3.35. The third-order valence-corrected chi connectivity index (χ3v) is 6.14. The Morgan fingerprint density at radius 1 is 1.10 bits per heavy atom. The van der Waals surface area contributed by atoms with Gasteiger partial charge >= 0.3 is 12.1 Å². The third-order valence-electron chi connectivity index (χ3n) is 6.14. The Hall–Kier alpha value is -4.51. The molecule has 2 aromatic carbocycles. The molecule has 0 unspecified atom stereocenters. The molecule has 216 valence electrons. The lowest BCUT2D eigenvalue weighted by molar-refractivity contribution is 0.0182. The quantitative estimate of drug-likeness (QED) is 0.266. The normalized spacial score (nSPS) is 12.1. The molecule has 0 aliphatic carbocycles. The number of fused-ring (bicyclic) bond motifs is 1. The zero-order valence-electron chi connectivity index (χ0n) is 23.8. The first kappa shape index (κ1) is 29.5. The number of ether oxygens (including phenoxy) is 2. The van der Waals surface area contributed by atoms with E-state index in [2.05, 4.69) is 15.7 Å². The van der Waals surface area contributed by atoms with E-state index in [-0.39, 0.29) is 37.4 Å². The van der Waals surface area contributed by atoms with E-state index >= 15 is 0 Å². The number of hydrogen-bond acceptors (Lipinski definition) is 6. The largest absolute Gasteiger partial charge is 0.444 e. The molecule has 2 heterocycles. The fourth-order valence-electron chi connectivity index (χ4n) is 4.20. The number of nitrogens with one attached hydrogen (secondary N) is 2. The number of benzene rings is 2. The first-order valence-electron chi connectivity index (χ1n) is 13.3. The minimum atomic E-state index is -0.710. The van der Waals surface area contributed by atoms with Gasteiger partial charge in [0.25, 0.3) is 0 Å². The van der Waals surface area contributed by atoms with Crippen LogP contribution in [-0.2, 0) is 16.0 Å². The van der Waals surface area contributed by atoms with Crippen molar-refractivity contribution in [1.82, 2.24) is 25.0 Å². The second-order valence-corrected chi connectivity index (χ2v) is 10.6. The van der Waals surface area contributed by atoms with Crippen LogP contribution in [0.1, 0.15) is 45.0 Å². The summed E-state index contributed by atoms with van der Waals surface area (Å²) in [4.78, 5) is 32.3. The van der Waals surface area contributed by atoms with Gasteiger partial charge < -0.3 is 14.8 Å². The number of halogens is 1. The van der Waals surface area contributed by atoms with Gasteiger partial charge in [0.15, 0.2) is 0 Å². The Morgan fingerprint density at radius 3 is 2.46 bits per heavy atom. The van der Waals surface area contributed by atoms with E-state index in [9.17, 15) is 14.0 Å². The summed E-state index contributed by atoms with van der Waals surface area (Å²) >= 11 is 0. The Kier molecular flexibility index (Phi) is 9.18. The van der Waals surface area contributed by atoms with E-state index in [0.29, 0.717) is 22.3 Å². The van der Waals surface area contributed by atoms with Crippen molar-refractivity contribution < 1.29 is 23.5 Å². The number of nitrogens with zero attached hydrogens (tertiary/aromatic N) is 4. The number of rotatable bonds is 9. The van der Waals surface area contributed by atoms with Crippen molar-refractivity contribution in [3.63, 3.8) is 0 Å². The summed E-state index contributed by atoms with van der Waals surface area (Å²) in [6.45, 7) is 7.82. The topological polar surface area (TPSA) is 111 Å². The van der Waals surface area contributed by atoms with Gasteiger partial charge in [0, 0.05) is 19.0 Å². The molecule has 4 aromatic rings. The molecule has 0 aliphatic heterocycles. The molecule has 0 bridgehead atoms. The van der Waals surface area contributed by atoms with Crippen molar-refractivity contribution in [3.8, 4) is 5.69 Å². The fraction of sp³-hybridized carbons (Fsp3) is 0.333. The highest BCUT2D eigenvalue weighted by Crippen LogP contribution is 2.26. The number of urea groups is 1. The molecule has 0 aliphatic rings. The molecule has 41 heavy (non-hydrogen) atoms. The maximum Gasteiger partial charge on any atom is 0.410 e. The van der Waals surface area contributed by atoms with Gasteiger partial charge in [-0.1, -0.05) is 30.3 Å². The van der Waals surface area contributed by atoms with Crippen LogP contribution in [0.15, 0.2) is 66.9 Å². The van der Waals surface area contributed by atoms with Crippen molar-refractivity contribution in [1.29, 1.82) is 0 Å². The van der Waals surface area contributed by atoms with Crippen LogP contribution in [0.25, 0.3) is 16.6 Å². The fourth-order valence-corrected chi connectivity index (χ4v) is 4.20. The second kappa shape index (κ2) is 12.8. The summed E-state index contributed by atoms with van der Waals surface area (Å²) in [5.41, 5.74) is 1.92. The molecule has 1 atom stereocenters. The van der Waals surface area contributed by atoms with Gasteiger partial charge in [-0.05, 0) is 63.6 Å². The molecule has 0 radical (unpaired) electrons. The number of carbonyl (C=O) groups excluding carboxylic acids is 2. The predicted molar refractivity (Wildman–Crippen MR) is 154 cm³/mol. The van der Waals surface area contributed by atoms with Gasteiger partial charge in [0.2, 0.25) is 0 Å². The SMILES string of the molecule is COCCN(Cc1nc(NC(=O)N[C@H](C)c2ccccc2)cc2cnn(-c3ccc(F)cc3)c12)C(=O)OC(C)(C)C. The molecule has 0 saturated carbocycles. The summed E-state index contributed by atoms with van der Waals surface area (Å²) in [7, 11) is 1.55. The predicted octanol–water partition coefficient (Wildman–Crippen LogP) is 5.83. The highest BCUT2D eigenvalue weighted by Gasteiger charge is 2.25. The maximum absolute atomic E-state index is 13.7. The van der Waals surface area contributed by atoms with Crippen LogP contribution in [0.2, 0.25) is 0 Å².